The van der Waals surface area contributed by atoms with E-state index in [0.717, 1.165) is 12.1 Å². The Morgan fingerprint density at radius 3 is 2.52 bits per heavy atom. The maximum atomic E-state index is 13.4. The standard InChI is InChI=1S/C14H18F2N2O3/c1-4-7-14(2,12(19)21-3)18-13(20)17-11-6-5-9(15)8-10(11)16/h5-6,8H,4,7H2,1-3H3,(H2,17,18,20). The number of carbonyl (C=O) groups is 2. The number of halogens is 2. The molecule has 0 spiro atoms. The van der Waals surface area contributed by atoms with Gasteiger partial charge in [-0.3, -0.25) is 0 Å². The van der Waals surface area contributed by atoms with Crippen molar-refractivity contribution in [2.45, 2.75) is 32.2 Å². The Morgan fingerprint density at radius 1 is 1.33 bits per heavy atom. The van der Waals surface area contributed by atoms with Crippen LogP contribution in [0, 0.1) is 11.6 Å². The van der Waals surface area contributed by atoms with E-state index in [-0.39, 0.29) is 5.69 Å². The van der Waals surface area contributed by atoms with E-state index >= 15 is 0 Å². The molecule has 0 radical (unpaired) electrons. The van der Waals surface area contributed by atoms with Crippen LogP contribution in [0.2, 0.25) is 0 Å². The van der Waals surface area contributed by atoms with Gasteiger partial charge in [0.05, 0.1) is 12.8 Å². The van der Waals surface area contributed by atoms with Crippen LogP contribution in [0.15, 0.2) is 18.2 Å². The summed E-state index contributed by atoms with van der Waals surface area (Å²) < 4.78 is 30.9. The Balaban J connectivity index is 2.81. The third-order valence-electron chi connectivity index (χ3n) is 2.95. The highest BCUT2D eigenvalue weighted by Crippen LogP contribution is 2.17. The highest BCUT2D eigenvalue weighted by molar-refractivity contribution is 5.94. The Labute approximate surface area is 121 Å². The molecular weight excluding hydrogens is 282 g/mol. The third kappa shape index (κ3) is 4.40. The summed E-state index contributed by atoms with van der Waals surface area (Å²) in [4.78, 5) is 23.6. The Kier molecular flexibility index (Phi) is 5.63. The average Bonchev–Trinajstić information content (AvgIpc) is 2.41. The van der Waals surface area contributed by atoms with Crippen molar-refractivity contribution in [1.82, 2.24) is 5.32 Å². The molecular formula is C14H18F2N2O3. The molecule has 0 bridgehead atoms. The van der Waals surface area contributed by atoms with Gasteiger partial charge in [-0.15, -0.1) is 0 Å². The second-order valence-corrected chi connectivity index (χ2v) is 4.78. The van der Waals surface area contributed by atoms with Gasteiger partial charge in [0.25, 0.3) is 0 Å². The van der Waals surface area contributed by atoms with Crippen LogP contribution in [0.25, 0.3) is 0 Å². The molecule has 1 atom stereocenters. The second kappa shape index (κ2) is 7.01. The van der Waals surface area contributed by atoms with Crippen molar-refractivity contribution in [3.05, 3.63) is 29.8 Å². The number of rotatable bonds is 5. The zero-order valence-corrected chi connectivity index (χ0v) is 12.1. The van der Waals surface area contributed by atoms with Gasteiger partial charge < -0.3 is 15.4 Å². The predicted octanol–water partition coefficient (Wildman–Crippen LogP) is 2.82. The second-order valence-electron chi connectivity index (χ2n) is 4.78. The summed E-state index contributed by atoms with van der Waals surface area (Å²) in [5.74, 6) is -2.25. The van der Waals surface area contributed by atoms with Crippen LogP contribution in [0.1, 0.15) is 26.7 Å². The Morgan fingerprint density at radius 2 is 2.00 bits per heavy atom. The minimum atomic E-state index is -1.22. The van der Waals surface area contributed by atoms with Crippen LogP contribution in [0.5, 0.6) is 0 Å². The number of benzene rings is 1. The van der Waals surface area contributed by atoms with Crippen molar-refractivity contribution in [3.63, 3.8) is 0 Å². The number of amides is 2. The molecule has 0 aliphatic heterocycles. The lowest BCUT2D eigenvalue weighted by Crippen LogP contribution is -2.54. The fourth-order valence-electron chi connectivity index (χ4n) is 1.94. The highest BCUT2D eigenvalue weighted by atomic mass is 19.1. The van der Waals surface area contributed by atoms with Crippen LogP contribution in [0.3, 0.4) is 0 Å². The largest absolute Gasteiger partial charge is 0.467 e. The number of urea groups is 1. The van der Waals surface area contributed by atoms with Gasteiger partial charge in [0.1, 0.15) is 17.2 Å². The molecule has 0 aliphatic rings. The number of esters is 1. The van der Waals surface area contributed by atoms with Crippen LogP contribution in [-0.4, -0.2) is 24.6 Å². The first kappa shape index (κ1) is 16.9. The van der Waals surface area contributed by atoms with Crippen LogP contribution in [0.4, 0.5) is 19.3 Å². The SMILES string of the molecule is CCCC(C)(NC(=O)Nc1ccc(F)cc1F)C(=O)OC. The molecule has 116 valence electrons. The summed E-state index contributed by atoms with van der Waals surface area (Å²) in [5.41, 5.74) is -1.40. The summed E-state index contributed by atoms with van der Waals surface area (Å²) in [6.45, 7) is 3.36. The molecule has 0 aliphatic carbocycles. The lowest BCUT2D eigenvalue weighted by atomic mass is 9.96. The number of carbonyl (C=O) groups excluding carboxylic acids is 2. The lowest BCUT2D eigenvalue weighted by molar-refractivity contribution is -0.147. The van der Waals surface area contributed by atoms with E-state index in [9.17, 15) is 18.4 Å². The fraction of sp³-hybridized carbons (Fsp3) is 0.429. The van der Waals surface area contributed by atoms with E-state index in [0.29, 0.717) is 18.9 Å². The summed E-state index contributed by atoms with van der Waals surface area (Å²) >= 11 is 0. The summed E-state index contributed by atoms with van der Waals surface area (Å²) in [6.07, 6.45) is 0.996. The van der Waals surface area contributed by atoms with Crippen molar-refractivity contribution in [2.75, 3.05) is 12.4 Å². The van der Waals surface area contributed by atoms with Gasteiger partial charge in [-0.1, -0.05) is 13.3 Å². The molecule has 0 aromatic heterocycles. The molecule has 5 nitrogen and oxygen atoms in total. The summed E-state index contributed by atoms with van der Waals surface area (Å²) in [7, 11) is 1.22. The van der Waals surface area contributed by atoms with E-state index in [1.807, 2.05) is 6.92 Å². The van der Waals surface area contributed by atoms with Crippen LogP contribution >= 0.6 is 0 Å². The molecule has 21 heavy (non-hydrogen) atoms. The van der Waals surface area contributed by atoms with Gasteiger partial charge in [0.2, 0.25) is 0 Å². The smallest absolute Gasteiger partial charge is 0.331 e. The number of hydrogen-bond donors (Lipinski definition) is 2. The van der Waals surface area contributed by atoms with E-state index in [2.05, 4.69) is 15.4 Å². The first-order chi connectivity index (χ1) is 9.82. The van der Waals surface area contributed by atoms with Crippen molar-refractivity contribution in [2.24, 2.45) is 0 Å². The monoisotopic (exact) mass is 300 g/mol. The molecule has 1 unspecified atom stereocenters. The van der Waals surface area contributed by atoms with Crippen molar-refractivity contribution < 1.29 is 23.1 Å². The molecule has 0 saturated carbocycles. The van der Waals surface area contributed by atoms with Crippen LogP contribution < -0.4 is 10.6 Å². The van der Waals surface area contributed by atoms with E-state index < -0.39 is 29.2 Å². The van der Waals surface area contributed by atoms with Gasteiger partial charge in [-0.05, 0) is 25.5 Å². The van der Waals surface area contributed by atoms with E-state index in [1.165, 1.54) is 14.0 Å². The maximum Gasteiger partial charge on any atom is 0.331 e. The summed E-state index contributed by atoms with van der Waals surface area (Å²) in [6, 6.07) is 1.99. The quantitative estimate of drug-likeness (QED) is 0.822. The van der Waals surface area contributed by atoms with E-state index in [4.69, 9.17) is 0 Å². The predicted molar refractivity (Wildman–Crippen MR) is 73.8 cm³/mol. The van der Waals surface area contributed by atoms with Gasteiger partial charge in [-0.25, -0.2) is 18.4 Å². The topological polar surface area (TPSA) is 67.4 Å². The van der Waals surface area contributed by atoms with E-state index in [1.54, 1.807) is 0 Å². The van der Waals surface area contributed by atoms with Gasteiger partial charge in [0.15, 0.2) is 0 Å². The Bertz CT molecular complexity index is 537. The van der Waals surface area contributed by atoms with Gasteiger partial charge in [0, 0.05) is 6.07 Å². The van der Waals surface area contributed by atoms with Gasteiger partial charge >= 0.3 is 12.0 Å². The van der Waals surface area contributed by atoms with Crippen molar-refractivity contribution in [3.8, 4) is 0 Å². The minimum absolute atomic E-state index is 0.183. The third-order valence-corrected chi connectivity index (χ3v) is 2.95. The van der Waals surface area contributed by atoms with Crippen LogP contribution in [-0.2, 0) is 9.53 Å². The molecule has 0 fully saturated rings. The number of hydrogen-bond acceptors (Lipinski definition) is 3. The average molecular weight is 300 g/mol. The molecule has 0 saturated heterocycles. The highest BCUT2D eigenvalue weighted by Gasteiger charge is 2.35. The molecule has 7 heteroatoms. The molecule has 2 amide bonds. The Hall–Kier alpha value is -2.18. The lowest BCUT2D eigenvalue weighted by Gasteiger charge is -2.27. The molecule has 0 heterocycles. The zero-order chi connectivity index (χ0) is 16.0. The van der Waals surface area contributed by atoms with Crippen molar-refractivity contribution >= 4 is 17.7 Å². The first-order valence-electron chi connectivity index (χ1n) is 6.45. The van der Waals surface area contributed by atoms with Gasteiger partial charge in [-0.2, -0.15) is 0 Å². The molecule has 1 rings (SSSR count). The maximum absolute atomic E-state index is 13.4. The zero-order valence-electron chi connectivity index (χ0n) is 12.1. The number of ether oxygens (including phenoxy) is 1. The number of methoxy groups -OCH3 is 1. The fourth-order valence-corrected chi connectivity index (χ4v) is 1.94. The minimum Gasteiger partial charge on any atom is -0.467 e. The summed E-state index contributed by atoms with van der Waals surface area (Å²) in [5, 5.41) is 4.68. The molecule has 2 N–H and O–H groups in total. The number of anilines is 1. The number of nitrogens with one attached hydrogen (secondary N) is 2. The first-order valence-corrected chi connectivity index (χ1v) is 6.45. The molecule has 1 aromatic rings. The normalized spacial score (nSPS) is 13.2. The van der Waals surface area contributed by atoms with Crippen molar-refractivity contribution in [1.29, 1.82) is 0 Å². The molecule has 1 aromatic carbocycles.